The van der Waals surface area contributed by atoms with Gasteiger partial charge in [-0.1, -0.05) is 17.7 Å². The molecule has 2 N–H and O–H groups in total. The van der Waals surface area contributed by atoms with E-state index in [0.717, 1.165) is 12.3 Å². The van der Waals surface area contributed by atoms with Crippen molar-refractivity contribution in [2.75, 3.05) is 12.3 Å². The normalized spacial score (nSPS) is 21.0. The predicted molar refractivity (Wildman–Crippen MR) is 53.7 cm³/mol. The minimum atomic E-state index is 0.588. The molecule has 1 atom stereocenters. The van der Waals surface area contributed by atoms with Crippen molar-refractivity contribution in [3.8, 4) is 0 Å². The Balaban J connectivity index is 2.42. The van der Waals surface area contributed by atoms with Crippen LogP contribution in [0.5, 0.6) is 0 Å². The molecular weight excluding hydrogens is 166 g/mol. The number of fused-ring (bicyclic) bond motifs is 1. The Kier molecular flexibility index (Phi) is 2.11. The fourth-order valence-corrected chi connectivity index (χ4v) is 2.85. The summed E-state index contributed by atoms with van der Waals surface area (Å²) in [5, 5.41) is 0. The molecule has 0 fully saturated rings. The lowest BCUT2D eigenvalue weighted by Gasteiger charge is -2.06. The van der Waals surface area contributed by atoms with E-state index < -0.39 is 0 Å². The molecule has 2 rings (SSSR count). The summed E-state index contributed by atoms with van der Waals surface area (Å²) in [5.41, 5.74) is 8.49. The van der Waals surface area contributed by atoms with Crippen molar-refractivity contribution < 1.29 is 0 Å². The van der Waals surface area contributed by atoms with Gasteiger partial charge in [0.25, 0.3) is 0 Å². The first-order valence-electron chi connectivity index (χ1n) is 4.24. The minimum Gasteiger partial charge on any atom is -0.330 e. The van der Waals surface area contributed by atoms with Crippen molar-refractivity contribution in [3.05, 3.63) is 29.3 Å². The molecule has 0 saturated heterocycles. The number of rotatable bonds is 1. The molecule has 1 heterocycles. The molecule has 1 unspecified atom stereocenters. The lowest BCUT2D eigenvalue weighted by atomic mass is 10.00. The Morgan fingerprint density at radius 3 is 3.17 bits per heavy atom. The number of aryl methyl sites for hydroxylation is 1. The summed E-state index contributed by atoms with van der Waals surface area (Å²) in [7, 11) is 0. The molecule has 2 heteroatoms. The van der Waals surface area contributed by atoms with Crippen LogP contribution in [-0.2, 0) is 0 Å². The van der Waals surface area contributed by atoms with Gasteiger partial charge in [-0.25, -0.2) is 0 Å². The van der Waals surface area contributed by atoms with E-state index in [1.54, 1.807) is 0 Å². The van der Waals surface area contributed by atoms with Crippen LogP contribution in [-0.4, -0.2) is 12.3 Å². The Hall–Kier alpha value is -0.470. The van der Waals surface area contributed by atoms with Crippen LogP contribution in [0.25, 0.3) is 0 Å². The largest absolute Gasteiger partial charge is 0.330 e. The zero-order chi connectivity index (χ0) is 8.55. The first-order valence-corrected chi connectivity index (χ1v) is 5.23. The number of hydrogen-bond acceptors (Lipinski definition) is 2. The maximum Gasteiger partial charge on any atom is 0.0108 e. The molecule has 1 aromatic rings. The second-order valence-electron chi connectivity index (χ2n) is 3.28. The Bertz CT molecular complexity index is 296. The highest BCUT2D eigenvalue weighted by Crippen LogP contribution is 2.39. The zero-order valence-electron chi connectivity index (χ0n) is 7.21. The van der Waals surface area contributed by atoms with Crippen LogP contribution in [0.4, 0.5) is 0 Å². The molecule has 0 saturated carbocycles. The topological polar surface area (TPSA) is 26.0 Å². The van der Waals surface area contributed by atoms with Gasteiger partial charge in [-0.3, -0.25) is 0 Å². The van der Waals surface area contributed by atoms with Gasteiger partial charge < -0.3 is 5.73 Å². The second kappa shape index (κ2) is 3.11. The third-order valence-corrected chi connectivity index (χ3v) is 3.58. The van der Waals surface area contributed by atoms with Gasteiger partial charge in [0.05, 0.1) is 0 Å². The van der Waals surface area contributed by atoms with Gasteiger partial charge in [0.1, 0.15) is 0 Å². The Morgan fingerprint density at radius 1 is 1.58 bits per heavy atom. The Morgan fingerprint density at radius 2 is 2.42 bits per heavy atom. The molecule has 0 aliphatic carbocycles. The number of hydrogen-bond donors (Lipinski definition) is 1. The quantitative estimate of drug-likeness (QED) is 0.715. The van der Waals surface area contributed by atoms with E-state index in [1.807, 2.05) is 11.8 Å². The third-order valence-electron chi connectivity index (χ3n) is 2.33. The lowest BCUT2D eigenvalue weighted by Crippen LogP contribution is -2.11. The first kappa shape index (κ1) is 8.14. The van der Waals surface area contributed by atoms with Gasteiger partial charge in [0.15, 0.2) is 0 Å². The summed E-state index contributed by atoms with van der Waals surface area (Å²) in [6.45, 7) is 2.92. The maximum absolute atomic E-state index is 5.69. The molecule has 1 aromatic carbocycles. The summed E-state index contributed by atoms with van der Waals surface area (Å²) in [6.07, 6.45) is 0. The highest BCUT2D eigenvalue weighted by atomic mass is 32.2. The minimum absolute atomic E-state index is 0.588. The van der Waals surface area contributed by atoms with Crippen LogP contribution in [0, 0.1) is 6.92 Å². The van der Waals surface area contributed by atoms with Crippen molar-refractivity contribution in [2.24, 2.45) is 5.73 Å². The number of nitrogens with two attached hydrogens (primary N) is 1. The predicted octanol–water partition coefficient (Wildman–Crippen LogP) is 2.14. The first-order chi connectivity index (χ1) is 5.81. The van der Waals surface area contributed by atoms with Crippen molar-refractivity contribution in [2.45, 2.75) is 17.7 Å². The molecule has 0 spiro atoms. The summed E-state index contributed by atoms with van der Waals surface area (Å²) in [4.78, 5) is 1.43. The number of thioether (sulfide) groups is 1. The van der Waals surface area contributed by atoms with Gasteiger partial charge in [-0.2, -0.15) is 0 Å². The van der Waals surface area contributed by atoms with Gasteiger partial charge >= 0.3 is 0 Å². The molecule has 1 aliphatic rings. The van der Waals surface area contributed by atoms with Crippen LogP contribution < -0.4 is 5.73 Å². The Labute approximate surface area is 77.3 Å². The van der Waals surface area contributed by atoms with E-state index in [4.69, 9.17) is 5.73 Å². The molecule has 1 aliphatic heterocycles. The van der Waals surface area contributed by atoms with Crippen LogP contribution in [0.1, 0.15) is 17.0 Å². The van der Waals surface area contributed by atoms with Crippen LogP contribution in [0.15, 0.2) is 23.1 Å². The molecule has 0 aromatic heterocycles. The molecule has 0 bridgehead atoms. The molecule has 0 radical (unpaired) electrons. The van der Waals surface area contributed by atoms with Crippen molar-refractivity contribution in [1.29, 1.82) is 0 Å². The summed E-state index contributed by atoms with van der Waals surface area (Å²) >= 11 is 1.93. The van der Waals surface area contributed by atoms with E-state index in [1.165, 1.54) is 16.0 Å². The summed E-state index contributed by atoms with van der Waals surface area (Å²) < 4.78 is 0. The second-order valence-corrected chi connectivity index (χ2v) is 4.35. The molecule has 1 nitrogen and oxygen atoms in total. The van der Waals surface area contributed by atoms with Crippen LogP contribution in [0.2, 0.25) is 0 Å². The average molecular weight is 179 g/mol. The van der Waals surface area contributed by atoms with Crippen molar-refractivity contribution in [3.63, 3.8) is 0 Å². The fraction of sp³-hybridized carbons (Fsp3) is 0.400. The third kappa shape index (κ3) is 1.25. The van der Waals surface area contributed by atoms with E-state index in [2.05, 4.69) is 25.1 Å². The van der Waals surface area contributed by atoms with E-state index >= 15 is 0 Å². The number of benzene rings is 1. The van der Waals surface area contributed by atoms with Crippen molar-refractivity contribution >= 4 is 11.8 Å². The maximum atomic E-state index is 5.69. The highest BCUT2D eigenvalue weighted by molar-refractivity contribution is 7.99. The van der Waals surface area contributed by atoms with E-state index in [0.29, 0.717) is 5.92 Å². The smallest absolute Gasteiger partial charge is 0.0108 e. The van der Waals surface area contributed by atoms with Gasteiger partial charge in [0.2, 0.25) is 0 Å². The molecule has 64 valence electrons. The lowest BCUT2D eigenvalue weighted by molar-refractivity contribution is 0.786. The summed E-state index contributed by atoms with van der Waals surface area (Å²) in [6, 6.07) is 6.66. The van der Waals surface area contributed by atoms with Gasteiger partial charge in [0, 0.05) is 23.1 Å². The molecule has 0 amide bonds. The fourth-order valence-electron chi connectivity index (χ4n) is 1.59. The SMILES string of the molecule is Cc1ccc2c(c1)C(CN)CS2. The standard InChI is InChI=1S/C10H13NS/c1-7-2-3-10-9(4-7)8(5-11)6-12-10/h2-4,8H,5-6,11H2,1H3. The summed E-state index contributed by atoms with van der Waals surface area (Å²) in [5.74, 6) is 1.75. The van der Waals surface area contributed by atoms with Crippen LogP contribution >= 0.6 is 11.8 Å². The van der Waals surface area contributed by atoms with E-state index in [-0.39, 0.29) is 0 Å². The van der Waals surface area contributed by atoms with Gasteiger partial charge in [-0.05, 0) is 18.6 Å². The molecular formula is C10H13NS. The van der Waals surface area contributed by atoms with E-state index in [9.17, 15) is 0 Å². The monoisotopic (exact) mass is 179 g/mol. The highest BCUT2D eigenvalue weighted by Gasteiger charge is 2.21. The van der Waals surface area contributed by atoms with Crippen LogP contribution in [0.3, 0.4) is 0 Å². The van der Waals surface area contributed by atoms with Gasteiger partial charge in [-0.15, -0.1) is 11.8 Å². The zero-order valence-corrected chi connectivity index (χ0v) is 8.03. The molecule has 12 heavy (non-hydrogen) atoms. The van der Waals surface area contributed by atoms with Crippen molar-refractivity contribution in [1.82, 2.24) is 0 Å². The average Bonchev–Trinajstić information content (AvgIpc) is 2.46.